The Morgan fingerprint density at radius 2 is 2.10 bits per heavy atom. The minimum Gasteiger partial charge on any atom is -0.493 e. The Labute approximate surface area is 180 Å². The lowest BCUT2D eigenvalue weighted by Gasteiger charge is -2.17. The summed E-state index contributed by atoms with van der Waals surface area (Å²) in [7, 11) is 0. The van der Waals surface area contributed by atoms with E-state index >= 15 is 0 Å². The number of aryl methyl sites for hydroxylation is 1. The van der Waals surface area contributed by atoms with Gasteiger partial charge in [0.1, 0.15) is 12.0 Å². The van der Waals surface area contributed by atoms with Crippen LogP contribution in [0.5, 0.6) is 5.75 Å². The third kappa shape index (κ3) is 4.00. The van der Waals surface area contributed by atoms with Gasteiger partial charge in [-0.1, -0.05) is 17.3 Å². The minimum absolute atomic E-state index is 0.0474. The lowest BCUT2D eigenvalue weighted by Crippen LogP contribution is -2.16. The number of aromatic nitrogens is 2. The molecule has 2 aromatic heterocycles. The van der Waals surface area contributed by atoms with Crippen molar-refractivity contribution in [3.05, 3.63) is 71.4 Å². The van der Waals surface area contributed by atoms with Crippen LogP contribution < -0.4 is 10.1 Å². The van der Waals surface area contributed by atoms with Gasteiger partial charge in [0, 0.05) is 30.1 Å². The zero-order valence-corrected chi connectivity index (χ0v) is 17.2. The van der Waals surface area contributed by atoms with E-state index in [1.165, 1.54) is 6.26 Å². The topological polar surface area (TPSA) is 97.5 Å². The molecule has 0 spiro atoms. The Morgan fingerprint density at radius 3 is 2.87 bits per heavy atom. The predicted octanol–water partition coefficient (Wildman–Crippen LogP) is 3.95. The number of hydrogen-bond acceptors (Lipinski definition) is 6. The molecule has 1 aliphatic carbocycles. The maximum Gasteiger partial charge on any atom is 0.304 e. The van der Waals surface area contributed by atoms with Crippen molar-refractivity contribution in [2.24, 2.45) is 0 Å². The minimum atomic E-state index is -0.822. The second-order valence-corrected chi connectivity index (χ2v) is 8.36. The van der Waals surface area contributed by atoms with Crippen LogP contribution in [0, 0.1) is 0 Å². The van der Waals surface area contributed by atoms with Crippen molar-refractivity contribution in [3.8, 4) is 5.75 Å². The smallest absolute Gasteiger partial charge is 0.304 e. The molecule has 0 radical (unpaired) electrons. The van der Waals surface area contributed by atoms with E-state index in [0.717, 1.165) is 60.6 Å². The van der Waals surface area contributed by atoms with Crippen molar-refractivity contribution < 1.29 is 19.2 Å². The monoisotopic (exact) mass is 419 g/mol. The molecular weight excluding hydrogens is 394 g/mol. The summed E-state index contributed by atoms with van der Waals surface area (Å²) in [5.41, 5.74) is 4.68. The Kier molecular flexibility index (Phi) is 5.10. The molecule has 1 fully saturated rings. The molecule has 2 unspecified atom stereocenters. The lowest BCUT2D eigenvalue weighted by molar-refractivity contribution is -0.137. The van der Waals surface area contributed by atoms with E-state index in [4.69, 9.17) is 14.2 Å². The van der Waals surface area contributed by atoms with Gasteiger partial charge in [-0.15, -0.1) is 0 Å². The molecule has 2 atom stereocenters. The lowest BCUT2D eigenvalue weighted by atomic mass is 9.92. The number of hydrogen-bond donors (Lipinski definition) is 2. The summed E-state index contributed by atoms with van der Waals surface area (Å²) in [6, 6.07) is 13.9. The highest BCUT2D eigenvalue weighted by Crippen LogP contribution is 2.62. The highest BCUT2D eigenvalue weighted by atomic mass is 16.5. The Bertz CT molecular complexity index is 1060. The summed E-state index contributed by atoms with van der Waals surface area (Å²) in [5.74, 6) is 0.0994. The summed E-state index contributed by atoms with van der Waals surface area (Å²) in [5, 5.41) is 16.8. The van der Waals surface area contributed by atoms with Crippen molar-refractivity contribution in [2.75, 3.05) is 18.5 Å². The van der Waals surface area contributed by atoms with Crippen LogP contribution in [0.4, 0.5) is 5.69 Å². The van der Waals surface area contributed by atoms with Crippen LogP contribution >= 0.6 is 0 Å². The summed E-state index contributed by atoms with van der Waals surface area (Å²) >= 11 is 0. The second kappa shape index (κ2) is 8.06. The van der Waals surface area contributed by atoms with Gasteiger partial charge >= 0.3 is 5.97 Å². The molecule has 160 valence electrons. The first-order chi connectivity index (χ1) is 15.1. The Hall–Kier alpha value is -3.35. The van der Waals surface area contributed by atoms with E-state index in [2.05, 4.69) is 22.6 Å². The quantitative estimate of drug-likeness (QED) is 0.570. The fourth-order valence-electron chi connectivity index (χ4n) is 4.64. The van der Waals surface area contributed by atoms with Crippen molar-refractivity contribution in [2.45, 2.75) is 43.4 Å². The van der Waals surface area contributed by atoms with E-state index in [1.807, 2.05) is 24.3 Å². The molecule has 31 heavy (non-hydrogen) atoms. The molecule has 1 aliphatic heterocycles. The van der Waals surface area contributed by atoms with Crippen LogP contribution in [0.2, 0.25) is 0 Å². The highest BCUT2D eigenvalue weighted by Gasteiger charge is 2.58. The van der Waals surface area contributed by atoms with Gasteiger partial charge in [-0.25, -0.2) is 0 Å². The van der Waals surface area contributed by atoms with Gasteiger partial charge in [-0.05, 0) is 55.0 Å². The molecule has 0 amide bonds. The second-order valence-electron chi connectivity index (χ2n) is 8.36. The normalized spacial score (nSPS) is 21.7. The number of benzene rings is 1. The fraction of sp³-hybridized carbons (Fsp3) is 0.375. The first-order valence-electron chi connectivity index (χ1n) is 10.7. The first-order valence-corrected chi connectivity index (χ1v) is 10.7. The molecule has 7 heteroatoms. The zero-order chi connectivity index (χ0) is 21.3. The van der Waals surface area contributed by atoms with Gasteiger partial charge in [-0.2, -0.15) is 0 Å². The van der Waals surface area contributed by atoms with E-state index in [9.17, 15) is 9.90 Å². The molecule has 1 aromatic carbocycles. The number of carboxylic acids is 1. The summed E-state index contributed by atoms with van der Waals surface area (Å²) in [4.78, 5) is 16.2. The van der Waals surface area contributed by atoms with E-state index in [-0.39, 0.29) is 12.3 Å². The molecule has 0 bridgehead atoms. The number of anilines is 1. The number of carboxylic acid groups (broad SMARTS) is 1. The third-order valence-electron chi connectivity index (χ3n) is 6.34. The SMILES string of the molecule is O=C(O)CC1(c2ccon2)CC1c1ccc(OCCc2ccc3c(n2)CCCN3)cc1. The predicted molar refractivity (Wildman–Crippen MR) is 114 cm³/mol. The Morgan fingerprint density at radius 1 is 1.23 bits per heavy atom. The molecular formula is C24H25N3O4. The largest absolute Gasteiger partial charge is 0.493 e. The molecule has 0 saturated heterocycles. The number of ether oxygens (including phenoxy) is 1. The van der Waals surface area contributed by atoms with Gasteiger partial charge in [0.05, 0.1) is 30.1 Å². The van der Waals surface area contributed by atoms with Crippen molar-refractivity contribution >= 4 is 11.7 Å². The Balaban J connectivity index is 1.19. The maximum absolute atomic E-state index is 11.4. The number of aliphatic carboxylic acids is 1. The van der Waals surface area contributed by atoms with Crippen LogP contribution in [-0.4, -0.2) is 34.4 Å². The summed E-state index contributed by atoms with van der Waals surface area (Å²) < 4.78 is 10.9. The zero-order valence-electron chi connectivity index (χ0n) is 17.2. The maximum atomic E-state index is 11.4. The molecule has 1 saturated carbocycles. The van der Waals surface area contributed by atoms with Crippen LogP contribution in [0.1, 0.15) is 47.8 Å². The van der Waals surface area contributed by atoms with Crippen LogP contribution in [0.3, 0.4) is 0 Å². The standard InChI is InChI=1S/C24H25N3O4/c28-23(29)15-24(22-10-13-31-27-22)14-19(24)16-3-6-18(7-4-16)30-12-9-17-5-8-20-21(26-17)2-1-11-25-20/h3-8,10,13,19,25H,1-2,9,11-12,14-15H2,(H,28,29). The number of nitrogens with zero attached hydrogens (tertiary/aromatic N) is 2. The average molecular weight is 419 g/mol. The number of nitrogens with one attached hydrogen (secondary N) is 1. The molecule has 2 N–H and O–H groups in total. The summed E-state index contributed by atoms with van der Waals surface area (Å²) in [6.45, 7) is 1.58. The first kappa shape index (κ1) is 19.6. The van der Waals surface area contributed by atoms with Crippen LogP contribution in [0.25, 0.3) is 0 Å². The van der Waals surface area contributed by atoms with Crippen LogP contribution in [-0.2, 0) is 23.1 Å². The molecule has 5 rings (SSSR count). The highest BCUT2D eigenvalue weighted by molar-refractivity contribution is 5.71. The number of rotatable bonds is 8. The molecule has 3 heterocycles. The van der Waals surface area contributed by atoms with Gasteiger partial charge in [-0.3, -0.25) is 9.78 Å². The molecule has 2 aliphatic rings. The van der Waals surface area contributed by atoms with Gasteiger partial charge in [0.15, 0.2) is 0 Å². The van der Waals surface area contributed by atoms with E-state index in [0.29, 0.717) is 12.3 Å². The number of fused-ring (bicyclic) bond motifs is 1. The van der Waals surface area contributed by atoms with E-state index < -0.39 is 11.4 Å². The van der Waals surface area contributed by atoms with Gasteiger partial charge in [0.25, 0.3) is 0 Å². The fourth-order valence-corrected chi connectivity index (χ4v) is 4.64. The van der Waals surface area contributed by atoms with Crippen molar-refractivity contribution in [1.29, 1.82) is 0 Å². The molecule has 3 aromatic rings. The van der Waals surface area contributed by atoms with Gasteiger partial charge in [0.2, 0.25) is 0 Å². The van der Waals surface area contributed by atoms with Crippen LogP contribution in [0.15, 0.2) is 53.3 Å². The van der Waals surface area contributed by atoms with E-state index in [1.54, 1.807) is 6.07 Å². The van der Waals surface area contributed by atoms with Crippen molar-refractivity contribution in [3.63, 3.8) is 0 Å². The number of carbonyl (C=O) groups is 1. The average Bonchev–Trinajstić information content (AvgIpc) is 3.21. The number of pyridine rings is 1. The molecule has 7 nitrogen and oxygen atoms in total. The van der Waals surface area contributed by atoms with Crippen molar-refractivity contribution in [1.82, 2.24) is 10.1 Å². The third-order valence-corrected chi connectivity index (χ3v) is 6.34. The summed E-state index contributed by atoms with van der Waals surface area (Å²) in [6.07, 6.45) is 5.20. The van der Waals surface area contributed by atoms with Gasteiger partial charge < -0.3 is 19.7 Å².